The van der Waals surface area contributed by atoms with Gasteiger partial charge in [0.05, 0.1) is 10.9 Å². The van der Waals surface area contributed by atoms with E-state index in [0.29, 0.717) is 18.0 Å². The third-order valence-electron chi connectivity index (χ3n) is 3.10. The second kappa shape index (κ2) is 6.99. The van der Waals surface area contributed by atoms with E-state index in [2.05, 4.69) is 10.3 Å². The predicted octanol–water partition coefficient (Wildman–Crippen LogP) is 2.30. The minimum atomic E-state index is -1.03. The molecule has 0 radical (unpaired) electrons. The van der Waals surface area contributed by atoms with Crippen LogP contribution in [0.5, 0.6) is 0 Å². The fourth-order valence-electron chi connectivity index (χ4n) is 1.86. The van der Waals surface area contributed by atoms with Gasteiger partial charge in [-0.15, -0.1) is 11.3 Å². The summed E-state index contributed by atoms with van der Waals surface area (Å²) >= 11 is 1.29. The SMILES string of the molecule is C[C@H](C(=O)NCCc1nc(C(=O)O)cs1)c1ccccc1. The Morgan fingerprint density at radius 3 is 2.67 bits per heavy atom. The number of carboxylic acid groups (broad SMARTS) is 1. The highest BCUT2D eigenvalue weighted by molar-refractivity contribution is 7.09. The number of carboxylic acids is 1. The molecule has 0 aliphatic carbocycles. The number of benzene rings is 1. The lowest BCUT2D eigenvalue weighted by Gasteiger charge is -2.11. The Labute approximate surface area is 126 Å². The number of carbonyl (C=O) groups excluding carboxylic acids is 1. The van der Waals surface area contributed by atoms with E-state index in [0.717, 1.165) is 5.56 Å². The molecule has 6 heteroatoms. The molecule has 110 valence electrons. The summed E-state index contributed by atoms with van der Waals surface area (Å²) < 4.78 is 0. The first-order chi connectivity index (χ1) is 10.1. The minimum absolute atomic E-state index is 0.0452. The zero-order valence-corrected chi connectivity index (χ0v) is 12.4. The first-order valence-electron chi connectivity index (χ1n) is 6.58. The third-order valence-corrected chi connectivity index (χ3v) is 4.01. The van der Waals surface area contributed by atoms with Crippen LogP contribution >= 0.6 is 11.3 Å². The average molecular weight is 304 g/mol. The molecule has 0 aliphatic heterocycles. The molecule has 1 atom stereocenters. The number of carbonyl (C=O) groups is 2. The second-order valence-corrected chi connectivity index (χ2v) is 5.55. The molecule has 1 aromatic heterocycles. The lowest BCUT2D eigenvalue weighted by atomic mass is 10.0. The topological polar surface area (TPSA) is 79.3 Å². The van der Waals surface area contributed by atoms with Crippen molar-refractivity contribution in [2.45, 2.75) is 19.3 Å². The number of hydrogen-bond acceptors (Lipinski definition) is 4. The summed E-state index contributed by atoms with van der Waals surface area (Å²) in [4.78, 5) is 26.7. The van der Waals surface area contributed by atoms with E-state index in [1.807, 2.05) is 37.3 Å². The van der Waals surface area contributed by atoms with E-state index in [9.17, 15) is 9.59 Å². The first kappa shape index (κ1) is 15.2. The molecule has 1 aromatic carbocycles. The largest absolute Gasteiger partial charge is 0.476 e. The summed E-state index contributed by atoms with van der Waals surface area (Å²) in [6, 6.07) is 9.56. The van der Waals surface area contributed by atoms with Crippen LogP contribution in [0.15, 0.2) is 35.7 Å². The Bertz CT molecular complexity index is 625. The highest BCUT2D eigenvalue weighted by Crippen LogP contribution is 2.14. The van der Waals surface area contributed by atoms with Gasteiger partial charge in [0.25, 0.3) is 0 Å². The van der Waals surface area contributed by atoms with Crippen molar-refractivity contribution in [3.05, 3.63) is 52.0 Å². The Morgan fingerprint density at radius 2 is 2.05 bits per heavy atom. The van der Waals surface area contributed by atoms with E-state index in [1.54, 1.807) is 0 Å². The molecule has 5 nitrogen and oxygen atoms in total. The number of hydrogen-bond donors (Lipinski definition) is 2. The summed E-state index contributed by atoms with van der Waals surface area (Å²) in [5.41, 5.74) is 1.02. The average Bonchev–Trinajstić information content (AvgIpc) is 2.96. The summed E-state index contributed by atoms with van der Waals surface area (Å²) in [6.45, 7) is 2.30. The van der Waals surface area contributed by atoms with Crippen molar-refractivity contribution in [3.8, 4) is 0 Å². The van der Waals surface area contributed by atoms with Crippen LogP contribution in [-0.2, 0) is 11.2 Å². The van der Waals surface area contributed by atoms with Gasteiger partial charge >= 0.3 is 5.97 Å². The molecule has 2 N–H and O–H groups in total. The number of aromatic nitrogens is 1. The lowest BCUT2D eigenvalue weighted by molar-refractivity contribution is -0.122. The maximum atomic E-state index is 12.0. The lowest BCUT2D eigenvalue weighted by Crippen LogP contribution is -2.29. The van der Waals surface area contributed by atoms with Crippen LogP contribution in [0.2, 0.25) is 0 Å². The summed E-state index contributed by atoms with van der Waals surface area (Å²) in [6.07, 6.45) is 0.533. The van der Waals surface area contributed by atoms with E-state index < -0.39 is 5.97 Å². The summed E-state index contributed by atoms with van der Waals surface area (Å²) in [5.74, 6) is -1.28. The molecular weight excluding hydrogens is 288 g/mol. The first-order valence-corrected chi connectivity index (χ1v) is 7.46. The van der Waals surface area contributed by atoms with Gasteiger partial charge in [0.2, 0.25) is 5.91 Å². The molecule has 0 aliphatic rings. The molecule has 1 heterocycles. The van der Waals surface area contributed by atoms with E-state index in [1.165, 1.54) is 16.7 Å². The van der Waals surface area contributed by atoms with Crippen molar-refractivity contribution in [1.82, 2.24) is 10.3 Å². The van der Waals surface area contributed by atoms with Gasteiger partial charge in [-0.2, -0.15) is 0 Å². The molecule has 0 saturated carbocycles. The van der Waals surface area contributed by atoms with Crippen molar-refractivity contribution in [3.63, 3.8) is 0 Å². The van der Waals surface area contributed by atoms with Gasteiger partial charge in [0.1, 0.15) is 0 Å². The van der Waals surface area contributed by atoms with E-state index in [4.69, 9.17) is 5.11 Å². The normalized spacial score (nSPS) is 11.9. The molecule has 0 saturated heterocycles. The molecule has 0 spiro atoms. The second-order valence-electron chi connectivity index (χ2n) is 4.61. The van der Waals surface area contributed by atoms with E-state index >= 15 is 0 Å². The zero-order valence-electron chi connectivity index (χ0n) is 11.6. The monoisotopic (exact) mass is 304 g/mol. The van der Waals surface area contributed by atoms with Gasteiger partial charge < -0.3 is 10.4 Å². The number of amides is 1. The maximum Gasteiger partial charge on any atom is 0.355 e. The number of nitrogens with one attached hydrogen (secondary N) is 1. The van der Waals surface area contributed by atoms with Gasteiger partial charge in [0, 0.05) is 18.3 Å². The van der Waals surface area contributed by atoms with Gasteiger partial charge in [-0.05, 0) is 12.5 Å². The van der Waals surface area contributed by atoms with Crippen LogP contribution in [-0.4, -0.2) is 28.5 Å². The third kappa shape index (κ3) is 4.13. The quantitative estimate of drug-likeness (QED) is 0.858. The summed E-state index contributed by atoms with van der Waals surface area (Å²) in [5, 5.41) is 13.8. The predicted molar refractivity (Wildman–Crippen MR) is 80.6 cm³/mol. The zero-order chi connectivity index (χ0) is 15.2. The highest BCUT2D eigenvalue weighted by atomic mass is 32.1. The highest BCUT2D eigenvalue weighted by Gasteiger charge is 2.14. The smallest absolute Gasteiger partial charge is 0.355 e. The Balaban J connectivity index is 1.82. The van der Waals surface area contributed by atoms with Crippen molar-refractivity contribution in [2.75, 3.05) is 6.54 Å². The van der Waals surface area contributed by atoms with Gasteiger partial charge in [0.15, 0.2) is 5.69 Å². The fraction of sp³-hybridized carbons (Fsp3) is 0.267. The molecule has 21 heavy (non-hydrogen) atoms. The molecule has 1 amide bonds. The summed E-state index contributed by atoms with van der Waals surface area (Å²) in [7, 11) is 0. The van der Waals surface area contributed by atoms with Crippen LogP contribution in [0.25, 0.3) is 0 Å². The van der Waals surface area contributed by atoms with Crippen molar-refractivity contribution in [1.29, 1.82) is 0 Å². The van der Waals surface area contributed by atoms with Crippen molar-refractivity contribution < 1.29 is 14.7 Å². The Morgan fingerprint density at radius 1 is 1.33 bits per heavy atom. The maximum absolute atomic E-state index is 12.0. The van der Waals surface area contributed by atoms with Crippen LogP contribution in [0.4, 0.5) is 0 Å². The van der Waals surface area contributed by atoms with Crippen molar-refractivity contribution in [2.24, 2.45) is 0 Å². The number of nitrogens with zero attached hydrogens (tertiary/aromatic N) is 1. The molecule has 0 unspecified atom stereocenters. The standard InChI is InChI=1S/C15H16N2O3S/c1-10(11-5-3-2-4-6-11)14(18)16-8-7-13-17-12(9-21-13)15(19)20/h2-6,9-10H,7-8H2,1H3,(H,16,18)(H,19,20)/t10-/m0/s1. The molecule has 2 rings (SSSR count). The fourth-order valence-corrected chi connectivity index (χ4v) is 2.63. The van der Waals surface area contributed by atoms with Gasteiger partial charge in [-0.1, -0.05) is 30.3 Å². The molecule has 0 fully saturated rings. The van der Waals surface area contributed by atoms with Crippen molar-refractivity contribution >= 4 is 23.2 Å². The molecular formula is C15H16N2O3S. The van der Waals surface area contributed by atoms with Crippen LogP contribution in [0.1, 0.15) is 33.9 Å². The molecule has 0 bridgehead atoms. The van der Waals surface area contributed by atoms with Crippen LogP contribution < -0.4 is 5.32 Å². The van der Waals surface area contributed by atoms with Crippen LogP contribution in [0.3, 0.4) is 0 Å². The number of thiazole rings is 1. The van der Waals surface area contributed by atoms with Gasteiger partial charge in [-0.25, -0.2) is 9.78 Å². The molecule has 2 aromatic rings. The number of rotatable bonds is 6. The van der Waals surface area contributed by atoms with Crippen LogP contribution in [0, 0.1) is 0 Å². The van der Waals surface area contributed by atoms with E-state index in [-0.39, 0.29) is 17.5 Å². The number of aromatic carboxylic acids is 1. The minimum Gasteiger partial charge on any atom is -0.476 e. The Hall–Kier alpha value is -2.21. The Kier molecular flexibility index (Phi) is 5.05. The van der Waals surface area contributed by atoms with Gasteiger partial charge in [-0.3, -0.25) is 4.79 Å².